The van der Waals surface area contributed by atoms with Gasteiger partial charge >= 0.3 is 0 Å². The van der Waals surface area contributed by atoms with E-state index in [9.17, 15) is 0 Å². The molecule has 0 N–H and O–H groups in total. The van der Waals surface area contributed by atoms with E-state index >= 15 is 0 Å². The van der Waals surface area contributed by atoms with Gasteiger partial charge in [0.25, 0.3) is 0 Å². The van der Waals surface area contributed by atoms with Crippen LogP contribution in [0.1, 0.15) is 26.7 Å². The van der Waals surface area contributed by atoms with Gasteiger partial charge in [0.2, 0.25) is 0 Å². The number of allylic oxidation sites excluding steroid dienone is 2. The fourth-order valence-corrected chi connectivity index (χ4v) is 5.18. The Morgan fingerprint density at radius 1 is 1.00 bits per heavy atom. The first-order valence-electron chi connectivity index (χ1n) is 5.35. The molecule has 0 spiro atoms. The van der Waals surface area contributed by atoms with Crippen LogP contribution in [0.25, 0.3) is 0 Å². The third-order valence-electron chi connectivity index (χ3n) is 5.84. The highest BCUT2D eigenvalue weighted by atomic mass is 14.9. The van der Waals surface area contributed by atoms with Crippen molar-refractivity contribution in [2.75, 3.05) is 0 Å². The van der Waals surface area contributed by atoms with Gasteiger partial charge < -0.3 is 0 Å². The van der Waals surface area contributed by atoms with Crippen molar-refractivity contribution in [3.63, 3.8) is 0 Å². The highest BCUT2D eigenvalue weighted by Crippen LogP contribution is 2.89. The zero-order valence-electron chi connectivity index (χ0n) is 7.88. The van der Waals surface area contributed by atoms with E-state index in [1.54, 1.807) is 0 Å². The largest absolute Gasteiger partial charge is 0.0848 e. The van der Waals surface area contributed by atoms with Gasteiger partial charge in [0.05, 0.1) is 0 Å². The van der Waals surface area contributed by atoms with Crippen LogP contribution in [0, 0.1) is 34.5 Å². The summed E-state index contributed by atoms with van der Waals surface area (Å²) in [5.74, 6) is 4.16. The zero-order valence-corrected chi connectivity index (χ0v) is 7.88. The molecular weight excluding hydrogens is 144 g/mol. The molecule has 6 atom stereocenters. The lowest BCUT2D eigenvalue weighted by molar-refractivity contribution is -0.00545. The monoisotopic (exact) mass is 160 g/mol. The molecule has 0 heterocycles. The Hall–Kier alpha value is -0.260. The fraction of sp³-hybridized carbons (Fsp3) is 0.833. The van der Waals surface area contributed by atoms with Gasteiger partial charge in [0.1, 0.15) is 0 Å². The minimum Gasteiger partial charge on any atom is -0.0848 e. The molecule has 0 saturated heterocycles. The Balaban J connectivity index is 1.86. The molecule has 4 rings (SSSR count). The Kier molecular flexibility index (Phi) is 0.688. The molecule has 4 unspecified atom stereocenters. The van der Waals surface area contributed by atoms with E-state index in [1.165, 1.54) is 12.8 Å². The fourth-order valence-electron chi connectivity index (χ4n) is 5.18. The Morgan fingerprint density at radius 2 is 1.50 bits per heavy atom. The second kappa shape index (κ2) is 1.32. The molecule has 0 amide bonds. The maximum absolute atomic E-state index is 2.53. The van der Waals surface area contributed by atoms with Gasteiger partial charge in [-0.05, 0) is 47.3 Å². The molecule has 0 aromatic rings. The van der Waals surface area contributed by atoms with Crippen LogP contribution in [0.3, 0.4) is 0 Å². The van der Waals surface area contributed by atoms with Gasteiger partial charge in [-0.15, -0.1) is 0 Å². The Morgan fingerprint density at radius 3 is 2.00 bits per heavy atom. The summed E-state index contributed by atoms with van der Waals surface area (Å²) >= 11 is 0. The van der Waals surface area contributed by atoms with Crippen molar-refractivity contribution in [1.29, 1.82) is 0 Å². The van der Waals surface area contributed by atoms with Gasteiger partial charge in [-0.3, -0.25) is 0 Å². The second-order valence-corrected chi connectivity index (χ2v) is 6.01. The van der Waals surface area contributed by atoms with Crippen molar-refractivity contribution in [3.8, 4) is 0 Å². The number of hydrogen-bond acceptors (Lipinski definition) is 0. The van der Waals surface area contributed by atoms with Crippen LogP contribution in [0.5, 0.6) is 0 Å². The first kappa shape index (κ1) is 6.23. The summed E-state index contributed by atoms with van der Waals surface area (Å²) in [7, 11) is 0. The van der Waals surface area contributed by atoms with Crippen molar-refractivity contribution in [1.82, 2.24) is 0 Å². The van der Waals surface area contributed by atoms with Crippen molar-refractivity contribution >= 4 is 0 Å². The first-order valence-corrected chi connectivity index (χ1v) is 5.35. The molecule has 3 fully saturated rings. The standard InChI is InChI=1S/C12H16/c1-11-6-12(11,2)10-8-4-3-7(5-8)9(10)11/h3-4,7-10H,5-6H2,1-2H3/t7-,8+,9?,10?,11?,12?. The normalized spacial score (nSPS) is 75.2. The number of hydrogen-bond donors (Lipinski definition) is 0. The van der Waals surface area contributed by atoms with E-state index in [2.05, 4.69) is 26.0 Å². The molecule has 2 bridgehead atoms. The number of fused-ring (bicyclic) bond motifs is 8. The van der Waals surface area contributed by atoms with Crippen LogP contribution >= 0.6 is 0 Å². The van der Waals surface area contributed by atoms with E-state index in [-0.39, 0.29) is 0 Å². The van der Waals surface area contributed by atoms with Crippen LogP contribution in [0.2, 0.25) is 0 Å². The SMILES string of the molecule is CC12CC1(C)C1C2[C@@H]2C=C[C@H]1C2. The molecule has 3 saturated carbocycles. The summed E-state index contributed by atoms with van der Waals surface area (Å²) in [4.78, 5) is 0. The third-order valence-corrected chi connectivity index (χ3v) is 5.84. The molecule has 4 aliphatic carbocycles. The van der Waals surface area contributed by atoms with Crippen molar-refractivity contribution in [2.45, 2.75) is 26.7 Å². The average molecular weight is 160 g/mol. The smallest absolute Gasteiger partial charge is 0.0191 e. The van der Waals surface area contributed by atoms with Gasteiger partial charge in [-0.25, -0.2) is 0 Å². The lowest BCUT2D eigenvalue weighted by Gasteiger charge is -2.49. The van der Waals surface area contributed by atoms with Crippen LogP contribution < -0.4 is 0 Å². The van der Waals surface area contributed by atoms with Gasteiger partial charge in [-0.1, -0.05) is 26.0 Å². The molecule has 0 aromatic heterocycles. The molecule has 0 aromatic carbocycles. The van der Waals surface area contributed by atoms with E-state index in [0.717, 1.165) is 34.5 Å². The minimum absolute atomic E-state index is 0.780. The molecule has 64 valence electrons. The first-order chi connectivity index (χ1) is 5.67. The number of rotatable bonds is 0. The van der Waals surface area contributed by atoms with Crippen LogP contribution in [0.4, 0.5) is 0 Å². The Bertz CT molecular complexity index is 275. The third kappa shape index (κ3) is 0.356. The van der Waals surface area contributed by atoms with Crippen molar-refractivity contribution in [2.24, 2.45) is 34.5 Å². The van der Waals surface area contributed by atoms with Crippen LogP contribution in [-0.2, 0) is 0 Å². The van der Waals surface area contributed by atoms with Crippen LogP contribution in [-0.4, -0.2) is 0 Å². The topological polar surface area (TPSA) is 0 Å². The van der Waals surface area contributed by atoms with Crippen LogP contribution in [0.15, 0.2) is 12.2 Å². The lowest BCUT2D eigenvalue weighted by Crippen LogP contribution is -2.45. The van der Waals surface area contributed by atoms with E-state index in [0.29, 0.717) is 0 Å². The highest BCUT2D eigenvalue weighted by Gasteiger charge is 2.83. The predicted octanol–water partition coefficient (Wildman–Crippen LogP) is 2.85. The van der Waals surface area contributed by atoms with E-state index < -0.39 is 0 Å². The zero-order chi connectivity index (χ0) is 8.14. The maximum Gasteiger partial charge on any atom is -0.0191 e. The summed E-state index contributed by atoms with van der Waals surface area (Å²) in [6.07, 6.45) is 8.05. The summed E-state index contributed by atoms with van der Waals surface area (Å²) in [6.45, 7) is 5.06. The van der Waals surface area contributed by atoms with E-state index in [4.69, 9.17) is 0 Å². The maximum atomic E-state index is 2.53. The molecule has 0 radical (unpaired) electrons. The van der Waals surface area contributed by atoms with Gasteiger partial charge in [0, 0.05) is 0 Å². The molecule has 0 heteroatoms. The quantitative estimate of drug-likeness (QED) is 0.478. The molecule has 0 nitrogen and oxygen atoms in total. The Labute approximate surface area is 74.0 Å². The molecule has 4 aliphatic rings. The average Bonchev–Trinajstić information content (AvgIpc) is 2.49. The predicted molar refractivity (Wildman–Crippen MR) is 48.5 cm³/mol. The minimum atomic E-state index is 0.780. The van der Waals surface area contributed by atoms with E-state index in [1.807, 2.05) is 0 Å². The lowest BCUT2D eigenvalue weighted by atomic mass is 9.54. The van der Waals surface area contributed by atoms with Crippen molar-refractivity contribution < 1.29 is 0 Å². The van der Waals surface area contributed by atoms with Gasteiger partial charge in [0.15, 0.2) is 0 Å². The highest BCUT2D eigenvalue weighted by molar-refractivity contribution is 5.36. The molecule has 0 aliphatic heterocycles. The summed E-state index contributed by atoms with van der Waals surface area (Å²) in [5, 5.41) is 0. The summed E-state index contributed by atoms with van der Waals surface area (Å²) < 4.78 is 0. The second-order valence-electron chi connectivity index (χ2n) is 6.01. The van der Waals surface area contributed by atoms with Crippen molar-refractivity contribution in [3.05, 3.63) is 12.2 Å². The molecular formula is C12H16. The van der Waals surface area contributed by atoms with Gasteiger partial charge in [-0.2, -0.15) is 0 Å². The summed E-state index contributed by atoms with van der Waals surface area (Å²) in [6, 6.07) is 0. The summed E-state index contributed by atoms with van der Waals surface area (Å²) in [5.41, 5.74) is 1.56. The molecule has 12 heavy (non-hydrogen) atoms.